The zero-order valence-corrected chi connectivity index (χ0v) is 14.1. The second kappa shape index (κ2) is 6.79. The number of benzene rings is 1. The van der Waals surface area contributed by atoms with Gasteiger partial charge in [0, 0.05) is 13.1 Å². The Morgan fingerprint density at radius 3 is 2.23 bits per heavy atom. The smallest absolute Gasteiger partial charge is 0.338 e. The highest BCUT2D eigenvalue weighted by molar-refractivity contribution is 7.89. The third-order valence-corrected chi connectivity index (χ3v) is 5.68. The van der Waals surface area contributed by atoms with Gasteiger partial charge in [0.25, 0.3) is 0 Å². The molecule has 1 aromatic rings. The standard InChI is InChI=1S/C16H23NO4S/c1-4-21-16(18)14-5-7-15(8-6-14)22(19,20)17-10-12(2)9-13(3)11-17/h5-8,12-13H,4,9-11H2,1-3H3/t12-,13+. The monoisotopic (exact) mass is 325 g/mol. The lowest BCUT2D eigenvalue weighted by Gasteiger charge is -2.34. The Kier molecular flexibility index (Phi) is 5.24. The zero-order valence-electron chi connectivity index (χ0n) is 13.3. The van der Waals surface area contributed by atoms with E-state index in [0.29, 0.717) is 37.1 Å². The van der Waals surface area contributed by atoms with Crippen molar-refractivity contribution in [3.63, 3.8) is 0 Å². The second-order valence-electron chi connectivity index (χ2n) is 6.01. The maximum atomic E-state index is 12.7. The average Bonchev–Trinajstić information content (AvgIpc) is 2.46. The van der Waals surface area contributed by atoms with Gasteiger partial charge in [0.15, 0.2) is 0 Å². The fourth-order valence-corrected chi connectivity index (χ4v) is 4.61. The molecule has 0 aromatic heterocycles. The first-order chi connectivity index (χ1) is 10.3. The van der Waals surface area contributed by atoms with Gasteiger partial charge in [-0.15, -0.1) is 0 Å². The molecule has 0 spiro atoms. The van der Waals surface area contributed by atoms with Crippen LogP contribution in [0.25, 0.3) is 0 Å². The van der Waals surface area contributed by atoms with Crippen LogP contribution in [-0.4, -0.2) is 38.4 Å². The molecule has 0 amide bonds. The fraction of sp³-hybridized carbons (Fsp3) is 0.562. The molecule has 122 valence electrons. The number of nitrogens with zero attached hydrogens (tertiary/aromatic N) is 1. The molecule has 1 saturated heterocycles. The minimum atomic E-state index is -3.50. The molecule has 1 fully saturated rings. The number of carbonyl (C=O) groups is 1. The number of piperidine rings is 1. The molecule has 5 nitrogen and oxygen atoms in total. The van der Waals surface area contributed by atoms with Crippen molar-refractivity contribution in [1.29, 1.82) is 0 Å². The molecule has 0 radical (unpaired) electrons. The first kappa shape index (κ1) is 17.0. The van der Waals surface area contributed by atoms with Gasteiger partial charge in [-0.05, 0) is 49.4 Å². The summed E-state index contributed by atoms with van der Waals surface area (Å²) in [4.78, 5) is 11.8. The molecule has 0 N–H and O–H groups in total. The highest BCUT2D eigenvalue weighted by Crippen LogP contribution is 2.26. The maximum absolute atomic E-state index is 12.7. The Hall–Kier alpha value is -1.40. The van der Waals surface area contributed by atoms with Gasteiger partial charge in [0.2, 0.25) is 10.0 Å². The summed E-state index contributed by atoms with van der Waals surface area (Å²) < 4.78 is 31.8. The normalized spacial score (nSPS) is 23.2. The van der Waals surface area contributed by atoms with Crippen LogP contribution >= 0.6 is 0 Å². The van der Waals surface area contributed by atoms with Gasteiger partial charge >= 0.3 is 5.97 Å². The van der Waals surface area contributed by atoms with Crippen molar-refractivity contribution in [2.45, 2.75) is 32.1 Å². The third-order valence-electron chi connectivity index (χ3n) is 3.84. The molecule has 2 atom stereocenters. The first-order valence-electron chi connectivity index (χ1n) is 7.62. The molecule has 1 aliphatic rings. The van der Waals surface area contributed by atoms with Crippen LogP contribution in [0.5, 0.6) is 0 Å². The quantitative estimate of drug-likeness (QED) is 0.798. The Labute approximate surface area is 132 Å². The Bertz CT molecular complexity index is 614. The lowest BCUT2D eigenvalue weighted by molar-refractivity contribution is 0.0526. The SMILES string of the molecule is CCOC(=O)c1ccc(S(=O)(=O)N2C[C@H](C)C[C@H](C)C2)cc1. The van der Waals surface area contributed by atoms with Crippen molar-refractivity contribution in [1.82, 2.24) is 4.31 Å². The largest absolute Gasteiger partial charge is 0.462 e. The van der Waals surface area contributed by atoms with Gasteiger partial charge in [-0.25, -0.2) is 13.2 Å². The highest BCUT2D eigenvalue weighted by atomic mass is 32.2. The van der Waals surface area contributed by atoms with E-state index >= 15 is 0 Å². The highest BCUT2D eigenvalue weighted by Gasteiger charge is 2.31. The van der Waals surface area contributed by atoms with Crippen molar-refractivity contribution in [3.05, 3.63) is 29.8 Å². The van der Waals surface area contributed by atoms with E-state index in [-0.39, 0.29) is 4.90 Å². The summed E-state index contributed by atoms with van der Waals surface area (Å²) >= 11 is 0. The summed E-state index contributed by atoms with van der Waals surface area (Å²) in [7, 11) is -3.50. The van der Waals surface area contributed by atoms with Crippen molar-refractivity contribution in [3.8, 4) is 0 Å². The van der Waals surface area contributed by atoms with Crippen LogP contribution in [0.2, 0.25) is 0 Å². The Morgan fingerprint density at radius 1 is 1.18 bits per heavy atom. The molecule has 22 heavy (non-hydrogen) atoms. The number of hydrogen-bond donors (Lipinski definition) is 0. The van der Waals surface area contributed by atoms with Gasteiger partial charge in [-0.2, -0.15) is 4.31 Å². The predicted octanol–water partition coefficient (Wildman–Crippen LogP) is 2.53. The van der Waals surface area contributed by atoms with Crippen LogP contribution < -0.4 is 0 Å². The van der Waals surface area contributed by atoms with Crippen molar-refractivity contribution >= 4 is 16.0 Å². The predicted molar refractivity (Wildman–Crippen MR) is 84.1 cm³/mol. The van der Waals surface area contributed by atoms with Gasteiger partial charge in [-0.3, -0.25) is 0 Å². The van der Waals surface area contributed by atoms with E-state index in [1.54, 1.807) is 11.2 Å². The Morgan fingerprint density at radius 2 is 1.73 bits per heavy atom. The molecule has 1 heterocycles. The van der Waals surface area contributed by atoms with Crippen LogP contribution in [0, 0.1) is 11.8 Å². The summed E-state index contributed by atoms with van der Waals surface area (Å²) in [6.07, 6.45) is 1.05. The number of carbonyl (C=O) groups excluding carboxylic acids is 1. The Balaban J connectivity index is 2.21. The fourth-order valence-electron chi connectivity index (χ4n) is 2.93. The molecule has 1 aromatic carbocycles. The van der Waals surface area contributed by atoms with Crippen molar-refractivity contribution in [2.24, 2.45) is 11.8 Å². The lowest BCUT2D eigenvalue weighted by Crippen LogP contribution is -2.42. The van der Waals surface area contributed by atoms with E-state index < -0.39 is 16.0 Å². The molecule has 2 rings (SSSR count). The number of ether oxygens (including phenoxy) is 1. The van der Waals surface area contributed by atoms with Crippen molar-refractivity contribution < 1.29 is 17.9 Å². The van der Waals surface area contributed by atoms with Crippen LogP contribution in [0.1, 0.15) is 37.6 Å². The molecule has 0 bridgehead atoms. The van der Waals surface area contributed by atoms with E-state index in [1.807, 2.05) is 0 Å². The number of rotatable bonds is 4. The van der Waals surface area contributed by atoms with Crippen LogP contribution in [-0.2, 0) is 14.8 Å². The number of sulfonamides is 1. The molecule has 0 unspecified atom stereocenters. The zero-order chi connectivity index (χ0) is 16.3. The van der Waals surface area contributed by atoms with Crippen LogP contribution in [0.3, 0.4) is 0 Å². The minimum Gasteiger partial charge on any atom is -0.462 e. The second-order valence-corrected chi connectivity index (χ2v) is 7.95. The molecule has 6 heteroatoms. The maximum Gasteiger partial charge on any atom is 0.338 e. The average molecular weight is 325 g/mol. The van der Waals surface area contributed by atoms with Gasteiger partial charge in [0.1, 0.15) is 0 Å². The lowest BCUT2D eigenvalue weighted by atomic mass is 9.94. The summed E-state index contributed by atoms with van der Waals surface area (Å²) in [6, 6.07) is 5.96. The molecule has 0 saturated carbocycles. The summed E-state index contributed by atoms with van der Waals surface area (Å²) in [5.74, 6) is 0.279. The van der Waals surface area contributed by atoms with Crippen LogP contribution in [0.15, 0.2) is 29.2 Å². The third kappa shape index (κ3) is 3.67. The summed E-state index contributed by atoms with van der Waals surface area (Å²) in [6.45, 7) is 7.26. The minimum absolute atomic E-state index is 0.224. The van der Waals surface area contributed by atoms with Crippen molar-refractivity contribution in [2.75, 3.05) is 19.7 Å². The molecular weight excluding hydrogens is 302 g/mol. The summed E-state index contributed by atoms with van der Waals surface area (Å²) in [5, 5.41) is 0. The molecule has 0 aliphatic carbocycles. The van der Waals surface area contributed by atoms with Gasteiger partial charge in [-0.1, -0.05) is 13.8 Å². The number of hydrogen-bond acceptors (Lipinski definition) is 4. The first-order valence-corrected chi connectivity index (χ1v) is 9.06. The van der Waals surface area contributed by atoms with E-state index in [4.69, 9.17) is 4.74 Å². The topological polar surface area (TPSA) is 63.7 Å². The molecular formula is C16H23NO4S. The van der Waals surface area contributed by atoms with Gasteiger partial charge in [0.05, 0.1) is 17.1 Å². The summed E-state index contributed by atoms with van der Waals surface area (Å²) in [5.41, 5.74) is 0.362. The van der Waals surface area contributed by atoms with E-state index in [9.17, 15) is 13.2 Å². The van der Waals surface area contributed by atoms with E-state index in [1.165, 1.54) is 24.3 Å². The van der Waals surface area contributed by atoms with Gasteiger partial charge < -0.3 is 4.74 Å². The van der Waals surface area contributed by atoms with E-state index in [0.717, 1.165) is 6.42 Å². The molecule has 1 aliphatic heterocycles. The van der Waals surface area contributed by atoms with E-state index in [2.05, 4.69) is 13.8 Å². The van der Waals surface area contributed by atoms with Crippen LogP contribution in [0.4, 0.5) is 0 Å². The number of esters is 1.